The van der Waals surface area contributed by atoms with Gasteiger partial charge >= 0.3 is 0 Å². The van der Waals surface area contributed by atoms with Gasteiger partial charge in [0.15, 0.2) is 0 Å². The lowest BCUT2D eigenvalue weighted by Gasteiger charge is -2.14. The third kappa shape index (κ3) is 3.28. The van der Waals surface area contributed by atoms with Crippen molar-refractivity contribution >= 4 is 11.4 Å². The van der Waals surface area contributed by atoms with Gasteiger partial charge in [-0.2, -0.15) is 0 Å². The van der Waals surface area contributed by atoms with Crippen LogP contribution in [0.1, 0.15) is 25.6 Å². The van der Waals surface area contributed by atoms with Gasteiger partial charge < -0.3 is 14.5 Å². The molecule has 0 aliphatic rings. The Morgan fingerprint density at radius 2 is 2.25 bits per heavy atom. The highest BCUT2D eigenvalue weighted by atomic mass is 16.6. The lowest BCUT2D eigenvalue weighted by molar-refractivity contribution is -0.384. The van der Waals surface area contributed by atoms with Crippen LogP contribution in [0, 0.1) is 10.1 Å². The highest BCUT2D eigenvalue weighted by Gasteiger charge is 2.13. The molecule has 6 nitrogen and oxygen atoms in total. The van der Waals surface area contributed by atoms with Crippen LogP contribution in [0.15, 0.2) is 41.0 Å². The molecule has 1 N–H and O–H groups in total. The number of nitro benzene ring substituents is 1. The second-order valence-electron chi connectivity index (χ2n) is 4.29. The Labute approximate surface area is 116 Å². The molecular weight excluding hydrogens is 260 g/mol. The fraction of sp³-hybridized carbons (Fsp3) is 0.286. The molecule has 2 aromatic rings. The standard InChI is InChI=1S/C14H16N2O4/c1-3-19-13-8-11(7-12(9-13)16(17)18)15-10(2)14-5-4-6-20-14/h4-10,15H,3H2,1-2H3. The predicted octanol–water partition coefficient (Wildman–Crippen LogP) is 3.76. The Kier molecular flexibility index (Phi) is 4.24. The van der Waals surface area contributed by atoms with E-state index in [2.05, 4.69) is 5.32 Å². The Bertz CT molecular complexity index is 581. The molecule has 0 amide bonds. The number of rotatable bonds is 6. The van der Waals surface area contributed by atoms with Crippen LogP contribution in [0.4, 0.5) is 11.4 Å². The molecule has 1 aromatic heterocycles. The fourth-order valence-electron chi connectivity index (χ4n) is 1.88. The van der Waals surface area contributed by atoms with Gasteiger partial charge in [-0.1, -0.05) is 0 Å². The maximum Gasteiger partial charge on any atom is 0.275 e. The van der Waals surface area contributed by atoms with Crippen molar-refractivity contribution in [1.82, 2.24) is 0 Å². The van der Waals surface area contributed by atoms with Gasteiger partial charge in [-0.15, -0.1) is 0 Å². The summed E-state index contributed by atoms with van der Waals surface area (Å²) in [5.74, 6) is 1.23. The Balaban J connectivity index is 2.23. The predicted molar refractivity (Wildman–Crippen MR) is 75.0 cm³/mol. The third-order valence-electron chi connectivity index (χ3n) is 2.77. The van der Waals surface area contributed by atoms with Crippen molar-refractivity contribution in [3.05, 3.63) is 52.5 Å². The van der Waals surface area contributed by atoms with E-state index in [0.29, 0.717) is 18.0 Å². The van der Waals surface area contributed by atoms with E-state index in [9.17, 15) is 10.1 Å². The molecule has 2 rings (SSSR count). The summed E-state index contributed by atoms with van der Waals surface area (Å²) in [5, 5.41) is 14.1. The maximum absolute atomic E-state index is 10.9. The summed E-state index contributed by atoms with van der Waals surface area (Å²) in [6.07, 6.45) is 1.59. The third-order valence-corrected chi connectivity index (χ3v) is 2.77. The van der Waals surface area contributed by atoms with Gasteiger partial charge in [0.05, 0.1) is 29.9 Å². The van der Waals surface area contributed by atoms with Crippen LogP contribution in [0.25, 0.3) is 0 Å². The molecule has 0 saturated carbocycles. The van der Waals surface area contributed by atoms with E-state index in [4.69, 9.17) is 9.15 Å². The second-order valence-corrected chi connectivity index (χ2v) is 4.29. The number of anilines is 1. The molecule has 6 heteroatoms. The first-order chi connectivity index (χ1) is 9.60. The summed E-state index contributed by atoms with van der Waals surface area (Å²) in [4.78, 5) is 10.5. The van der Waals surface area contributed by atoms with Crippen molar-refractivity contribution in [3.8, 4) is 5.75 Å². The highest BCUT2D eigenvalue weighted by Crippen LogP contribution is 2.28. The minimum atomic E-state index is -0.439. The van der Waals surface area contributed by atoms with Gasteiger partial charge in [0.1, 0.15) is 11.5 Å². The van der Waals surface area contributed by atoms with Gasteiger partial charge in [-0.05, 0) is 26.0 Å². The van der Waals surface area contributed by atoms with E-state index in [0.717, 1.165) is 5.76 Å². The van der Waals surface area contributed by atoms with Gasteiger partial charge in [-0.25, -0.2) is 0 Å². The van der Waals surface area contributed by atoms with Crippen molar-refractivity contribution in [2.45, 2.75) is 19.9 Å². The molecule has 0 aliphatic carbocycles. The van der Waals surface area contributed by atoms with Crippen molar-refractivity contribution in [3.63, 3.8) is 0 Å². The van der Waals surface area contributed by atoms with Gasteiger partial charge in [0, 0.05) is 17.8 Å². The molecular formula is C14H16N2O4. The molecule has 1 aromatic carbocycles. The Hall–Kier alpha value is -2.50. The van der Waals surface area contributed by atoms with E-state index in [1.165, 1.54) is 12.1 Å². The average Bonchev–Trinajstić information content (AvgIpc) is 2.92. The van der Waals surface area contributed by atoms with Crippen molar-refractivity contribution in [1.29, 1.82) is 0 Å². The molecule has 20 heavy (non-hydrogen) atoms. The summed E-state index contributed by atoms with van der Waals surface area (Å²) in [5.41, 5.74) is 0.608. The summed E-state index contributed by atoms with van der Waals surface area (Å²) in [6, 6.07) is 8.16. The molecule has 0 bridgehead atoms. The topological polar surface area (TPSA) is 77.5 Å². The van der Waals surface area contributed by atoms with Crippen molar-refractivity contribution < 1.29 is 14.1 Å². The number of furan rings is 1. The SMILES string of the molecule is CCOc1cc(NC(C)c2ccco2)cc([N+](=O)[O-])c1. The molecule has 0 saturated heterocycles. The van der Waals surface area contributed by atoms with E-state index < -0.39 is 4.92 Å². The number of hydrogen-bond acceptors (Lipinski definition) is 5. The molecule has 0 spiro atoms. The minimum absolute atomic E-state index is 0.00917. The molecule has 0 radical (unpaired) electrons. The van der Waals surface area contributed by atoms with Crippen LogP contribution in [-0.4, -0.2) is 11.5 Å². The van der Waals surface area contributed by atoms with Crippen molar-refractivity contribution in [2.75, 3.05) is 11.9 Å². The summed E-state index contributed by atoms with van der Waals surface area (Å²) < 4.78 is 10.6. The molecule has 1 unspecified atom stereocenters. The zero-order valence-corrected chi connectivity index (χ0v) is 11.3. The number of ether oxygens (including phenoxy) is 1. The molecule has 1 atom stereocenters. The maximum atomic E-state index is 10.9. The van der Waals surface area contributed by atoms with Gasteiger partial charge in [-0.3, -0.25) is 10.1 Å². The number of nitrogens with zero attached hydrogens (tertiary/aromatic N) is 1. The van der Waals surface area contributed by atoms with Crippen LogP contribution in [0.3, 0.4) is 0 Å². The molecule has 0 fully saturated rings. The Morgan fingerprint density at radius 3 is 2.85 bits per heavy atom. The first-order valence-electron chi connectivity index (χ1n) is 6.32. The van der Waals surface area contributed by atoms with Gasteiger partial charge in [0.2, 0.25) is 0 Å². The van der Waals surface area contributed by atoms with Crippen LogP contribution in [0.5, 0.6) is 5.75 Å². The van der Waals surface area contributed by atoms with Crippen LogP contribution in [-0.2, 0) is 0 Å². The lowest BCUT2D eigenvalue weighted by Crippen LogP contribution is -2.06. The zero-order chi connectivity index (χ0) is 14.5. The van der Waals surface area contributed by atoms with Crippen LogP contribution < -0.4 is 10.1 Å². The number of hydrogen-bond donors (Lipinski definition) is 1. The summed E-state index contributed by atoms with van der Waals surface area (Å²) >= 11 is 0. The van der Waals surface area contributed by atoms with Crippen molar-refractivity contribution in [2.24, 2.45) is 0 Å². The average molecular weight is 276 g/mol. The van der Waals surface area contributed by atoms with E-state index in [1.54, 1.807) is 18.4 Å². The first-order valence-corrected chi connectivity index (χ1v) is 6.32. The number of nitro groups is 1. The fourth-order valence-corrected chi connectivity index (χ4v) is 1.88. The molecule has 106 valence electrons. The normalized spacial score (nSPS) is 11.9. The first kappa shape index (κ1) is 13.9. The monoisotopic (exact) mass is 276 g/mol. The summed E-state index contributed by atoms with van der Waals surface area (Å²) in [6.45, 7) is 4.20. The molecule has 0 aliphatic heterocycles. The smallest absolute Gasteiger partial charge is 0.275 e. The van der Waals surface area contributed by atoms with E-state index >= 15 is 0 Å². The highest BCUT2D eigenvalue weighted by molar-refractivity contribution is 5.57. The Morgan fingerprint density at radius 1 is 1.45 bits per heavy atom. The zero-order valence-electron chi connectivity index (χ0n) is 11.3. The number of non-ortho nitro benzene ring substituents is 1. The number of benzene rings is 1. The van der Waals surface area contributed by atoms with E-state index in [-0.39, 0.29) is 11.7 Å². The lowest BCUT2D eigenvalue weighted by atomic mass is 10.2. The minimum Gasteiger partial charge on any atom is -0.494 e. The van der Waals surface area contributed by atoms with Crippen LogP contribution >= 0.6 is 0 Å². The van der Waals surface area contributed by atoms with E-state index in [1.807, 2.05) is 19.9 Å². The molecule has 1 heterocycles. The van der Waals surface area contributed by atoms with Gasteiger partial charge in [0.25, 0.3) is 5.69 Å². The largest absolute Gasteiger partial charge is 0.494 e. The quantitative estimate of drug-likeness (QED) is 0.642. The van der Waals surface area contributed by atoms with Crippen LogP contribution in [0.2, 0.25) is 0 Å². The summed E-state index contributed by atoms with van der Waals surface area (Å²) in [7, 11) is 0. The second kappa shape index (κ2) is 6.10. The number of nitrogens with one attached hydrogen (secondary N) is 1.